The van der Waals surface area contributed by atoms with Crippen LogP contribution in [0, 0.1) is 5.92 Å². The Kier molecular flexibility index (Phi) is 3.59. The van der Waals surface area contributed by atoms with Crippen molar-refractivity contribution in [2.45, 2.75) is 12.6 Å². The molecule has 8 heteroatoms. The summed E-state index contributed by atoms with van der Waals surface area (Å²) >= 11 is 0. The molecule has 0 radical (unpaired) electrons. The summed E-state index contributed by atoms with van der Waals surface area (Å²) in [7, 11) is 0. The largest absolute Gasteiger partial charge is 0.465 e. The van der Waals surface area contributed by atoms with E-state index in [-0.39, 0.29) is 12.5 Å². The molecular weight excluding hydrogens is 277 g/mol. The lowest BCUT2D eigenvalue weighted by atomic mass is 9.95. The highest BCUT2D eigenvalue weighted by atomic mass is 19.1. The Labute approximate surface area is 120 Å². The van der Waals surface area contributed by atoms with E-state index in [0.717, 1.165) is 10.5 Å². The van der Waals surface area contributed by atoms with Crippen LogP contribution in [0.5, 0.6) is 0 Å². The average molecular weight is 293 g/mol. The highest BCUT2D eigenvalue weighted by Crippen LogP contribution is 2.21. The summed E-state index contributed by atoms with van der Waals surface area (Å²) in [4.78, 5) is 11.9. The van der Waals surface area contributed by atoms with E-state index in [9.17, 15) is 9.18 Å². The Bertz CT molecular complexity index is 646. The quantitative estimate of drug-likeness (QED) is 0.895. The van der Waals surface area contributed by atoms with Gasteiger partial charge in [0.15, 0.2) is 5.65 Å². The van der Waals surface area contributed by atoms with Crippen molar-refractivity contribution in [2.75, 3.05) is 25.0 Å². The molecule has 1 saturated heterocycles. The van der Waals surface area contributed by atoms with Gasteiger partial charge in [-0.25, -0.2) is 9.18 Å². The van der Waals surface area contributed by atoms with Crippen molar-refractivity contribution in [1.29, 1.82) is 0 Å². The number of nitrogens with one attached hydrogen (secondary N) is 1. The molecule has 1 aliphatic rings. The smallest absolute Gasteiger partial charge is 0.407 e. The lowest BCUT2D eigenvalue weighted by Gasteiger charge is -2.32. The number of fused-ring (bicyclic) bond motifs is 1. The van der Waals surface area contributed by atoms with Crippen molar-refractivity contribution in [3.05, 3.63) is 24.4 Å². The number of piperidine rings is 1. The number of pyridine rings is 1. The molecule has 0 aliphatic carbocycles. The molecule has 0 aromatic carbocycles. The van der Waals surface area contributed by atoms with Gasteiger partial charge in [0.05, 0.1) is 6.54 Å². The Morgan fingerprint density at radius 1 is 1.48 bits per heavy atom. The van der Waals surface area contributed by atoms with Crippen LogP contribution in [0.4, 0.5) is 15.1 Å². The summed E-state index contributed by atoms with van der Waals surface area (Å²) in [6, 6.07) is 5.57. The number of rotatable bonds is 3. The van der Waals surface area contributed by atoms with Crippen molar-refractivity contribution < 1.29 is 14.3 Å². The number of carboxylic acid groups (broad SMARTS) is 1. The summed E-state index contributed by atoms with van der Waals surface area (Å²) in [5.74, 6) is 0.343. The SMILES string of the molecule is O=C(O)N1CCC(CNc2nnc3ccccn23)C(F)C1. The van der Waals surface area contributed by atoms with Crippen LogP contribution in [0.15, 0.2) is 24.4 Å². The fourth-order valence-electron chi connectivity index (χ4n) is 2.54. The Morgan fingerprint density at radius 2 is 2.33 bits per heavy atom. The minimum Gasteiger partial charge on any atom is -0.465 e. The molecule has 2 unspecified atom stereocenters. The van der Waals surface area contributed by atoms with Crippen molar-refractivity contribution in [1.82, 2.24) is 19.5 Å². The van der Waals surface area contributed by atoms with Crippen molar-refractivity contribution in [3.8, 4) is 0 Å². The molecule has 0 spiro atoms. The number of likely N-dealkylation sites (tertiary alicyclic amines) is 1. The van der Waals surface area contributed by atoms with Crippen LogP contribution in [0.1, 0.15) is 6.42 Å². The topological polar surface area (TPSA) is 82.8 Å². The fraction of sp³-hybridized carbons (Fsp3) is 0.462. The van der Waals surface area contributed by atoms with Gasteiger partial charge in [-0.2, -0.15) is 0 Å². The van der Waals surface area contributed by atoms with Gasteiger partial charge in [0.25, 0.3) is 0 Å². The Morgan fingerprint density at radius 3 is 3.10 bits per heavy atom. The van der Waals surface area contributed by atoms with Crippen LogP contribution >= 0.6 is 0 Å². The van der Waals surface area contributed by atoms with E-state index in [0.29, 0.717) is 25.5 Å². The first kappa shape index (κ1) is 13.6. The van der Waals surface area contributed by atoms with E-state index in [1.54, 1.807) is 4.40 Å². The van der Waals surface area contributed by atoms with Crippen molar-refractivity contribution >= 4 is 17.7 Å². The van der Waals surface area contributed by atoms with Gasteiger partial charge in [-0.05, 0) is 18.6 Å². The molecule has 2 atom stereocenters. The maximum absolute atomic E-state index is 14.0. The third-order valence-corrected chi connectivity index (χ3v) is 3.78. The summed E-state index contributed by atoms with van der Waals surface area (Å²) in [5, 5.41) is 20.0. The molecule has 112 valence electrons. The predicted octanol–water partition coefficient (Wildman–Crippen LogP) is 1.48. The summed E-state index contributed by atoms with van der Waals surface area (Å²) in [6.07, 6.45) is 0.100. The summed E-state index contributed by atoms with van der Waals surface area (Å²) < 4.78 is 15.8. The number of alkyl halides is 1. The number of nitrogens with zero attached hydrogens (tertiary/aromatic N) is 4. The molecule has 0 bridgehead atoms. The number of anilines is 1. The van der Waals surface area contributed by atoms with Crippen LogP contribution in [0.3, 0.4) is 0 Å². The second-order valence-electron chi connectivity index (χ2n) is 5.13. The molecular formula is C13H16FN5O2. The highest BCUT2D eigenvalue weighted by Gasteiger charge is 2.31. The van der Waals surface area contributed by atoms with Gasteiger partial charge in [0.2, 0.25) is 5.95 Å². The van der Waals surface area contributed by atoms with Crippen LogP contribution in [0.2, 0.25) is 0 Å². The van der Waals surface area contributed by atoms with Crippen LogP contribution in [-0.2, 0) is 0 Å². The Balaban J connectivity index is 1.62. The van der Waals surface area contributed by atoms with Gasteiger partial charge in [-0.3, -0.25) is 4.40 Å². The number of carbonyl (C=O) groups is 1. The average Bonchev–Trinajstić information content (AvgIpc) is 2.89. The lowest BCUT2D eigenvalue weighted by Crippen LogP contribution is -2.46. The third-order valence-electron chi connectivity index (χ3n) is 3.78. The molecule has 0 saturated carbocycles. The zero-order valence-electron chi connectivity index (χ0n) is 11.3. The van der Waals surface area contributed by atoms with E-state index in [1.807, 2.05) is 24.4 Å². The zero-order valence-corrected chi connectivity index (χ0v) is 11.3. The maximum Gasteiger partial charge on any atom is 0.407 e. The summed E-state index contributed by atoms with van der Waals surface area (Å²) in [6.45, 7) is 0.704. The maximum atomic E-state index is 14.0. The van der Waals surface area contributed by atoms with E-state index < -0.39 is 12.3 Å². The number of hydrogen-bond acceptors (Lipinski definition) is 4. The van der Waals surface area contributed by atoms with E-state index in [4.69, 9.17) is 5.11 Å². The minimum absolute atomic E-state index is 0.0672. The summed E-state index contributed by atoms with van der Waals surface area (Å²) in [5.41, 5.74) is 0.720. The first-order valence-electron chi connectivity index (χ1n) is 6.80. The number of halogens is 1. The lowest BCUT2D eigenvalue weighted by molar-refractivity contribution is 0.0798. The Hall–Kier alpha value is -2.38. The first-order valence-corrected chi connectivity index (χ1v) is 6.80. The zero-order chi connectivity index (χ0) is 14.8. The molecule has 2 aromatic heterocycles. The molecule has 21 heavy (non-hydrogen) atoms. The second-order valence-corrected chi connectivity index (χ2v) is 5.13. The molecule has 1 amide bonds. The molecule has 2 N–H and O–H groups in total. The molecule has 7 nitrogen and oxygen atoms in total. The van der Waals surface area contributed by atoms with Gasteiger partial charge >= 0.3 is 6.09 Å². The first-order chi connectivity index (χ1) is 10.1. The molecule has 1 aliphatic heterocycles. The third kappa shape index (κ3) is 2.74. The van der Waals surface area contributed by atoms with Gasteiger partial charge < -0.3 is 15.3 Å². The van der Waals surface area contributed by atoms with Gasteiger partial charge in [-0.15, -0.1) is 10.2 Å². The van der Waals surface area contributed by atoms with Gasteiger partial charge in [-0.1, -0.05) is 6.07 Å². The predicted molar refractivity (Wildman–Crippen MR) is 74.1 cm³/mol. The molecule has 3 rings (SSSR count). The van der Waals surface area contributed by atoms with Crippen molar-refractivity contribution in [2.24, 2.45) is 5.92 Å². The van der Waals surface area contributed by atoms with Crippen molar-refractivity contribution in [3.63, 3.8) is 0 Å². The standard InChI is InChI=1S/C13H16FN5O2/c14-10-8-18(13(20)21)6-4-9(10)7-15-12-17-16-11-3-1-2-5-19(11)12/h1-3,5,9-10H,4,6-8H2,(H,15,17)(H,20,21). The van der Waals surface area contributed by atoms with Crippen LogP contribution in [-0.4, -0.2) is 56.5 Å². The van der Waals surface area contributed by atoms with Crippen LogP contribution < -0.4 is 5.32 Å². The van der Waals surface area contributed by atoms with E-state index in [1.165, 1.54) is 0 Å². The second kappa shape index (κ2) is 5.55. The molecule has 1 fully saturated rings. The van der Waals surface area contributed by atoms with E-state index >= 15 is 0 Å². The normalized spacial score (nSPS) is 22.4. The molecule has 2 aromatic rings. The minimum atomic E-state index is -1.17. The number of amides is 1. The van der Waals surface area contributed by atoms with Gasteiger partial charge in [0, 0.05) is 25.2 Å². The van der Waals surface area contributed by atoms with E-state index in [2.05, 4.69) is 15.5 Å². The molecule has 3 heterocycles. The monoisotopic (exact) mass is 293 g/mol. The van der Waals surface area contributed by atoms with Crippen LogP contribution in [0.25, 0.3) is 5.65 Å². The highest BCUT2D eigenvalue weighted by molar-refractivity contribution is 5.65. The fourth-order valence-corrected chi connectivity index (χ4v) is 2.54. The number of aromatic nitrogens is 3. The van der Waals surface area contributed by atoms with Gasteiger partial charge in [0.1, 0.15) is 6.17 Å². The number of hydrogen-bond donors (Lipinski definition) is 2.